The lowest BCUT2D eigenvalue weighted by molar-refractivity contribution is 0.381. The summed E-state index contributed by atoms with van der Waals surface area (Å²) >= 11 is 0. The van der Waals surface area contributed by atoms with Gasteiger partial charge in [0.25, 0.3) is 0 Å². The van der Waals surface area contributed by atoms with Crippen LogP contribution in [0.1, 0.15) is 12.0 Å². The Kier molecular flexibility index (Phi) is 4.63. The van der Waals surface area contributed by atoms with E-state index >= 15 is 4.39 Å². The number of halogens is 1. The first-order valence-corrected chi connectivity index (χ1v) is 11.1. The molecule has 0 bridgehead atoms. The predicted molar refractivity (Wildman–Crippen MR) is 127 cm³/mol. The number of hydrogen-bond donors (Lipinski definition) is 1. The molecule has 2 aromatic carbocycles. The molecule has 4 aromatic rings. The number of pyridine rings is 1. The molecule has 0 saturated carbocycles. The molecule has 0 radical (unpaired) electrons. The van der Waals surface area contributed by atoms with Crippen molar-refractivity contribution in [3.63, 3.8) is 0 Å². The van der Waals surface area contributed by atoms with Gasteiger partial charge in [-0.1, -0.05) is 36.3 Å². The van der Waals surface area contributed by atoms with Crippen LogP contribution in [0.25, 0.3) is 32.9 Å². The molecule has 0 spiro atoms. The van der Waals surface area contributed by atoms with Gasteiger partial charge in [-0.2, -0.15) is 9.97 Å². The zero-order chi connectivity index (χ0) is 22.5. The maximum atomic E-state index is 16.1. The van der Waals surface area contributed by atoms with Gasteiger partial charge in [0, 0.05) is 48.4 Å². The monoisotopic (exact) mass is 439 g/mol. The molecular formula is C26H22FN5O. The Bertz CT molecular complexity index is 1440. The number of nitrogens with zero attached hydrogens (tertiary/aromatic N) is 4. The van der Waals surface area contributed by atoms with Crippen molar-refractivity contribution in [2.45, 2.75) is 12.5 Å². The summed E-state index contributed by atoms with van der Waals surface area (Å²) in [6, 6.07) is 11.9. The Morgan fingerprint density at radius 1 is 1.18 bits per heavy atom. The van der Waals surface area contributed by atoms with E-state index in [4.69, 9.17) is 11.2 Å². The fourth-order valence-corrected chi connectivity index (χ4v) is 5.29. The fourth-order valence-electron chi connectivity index (χ4n) is 5.29. The average molecular weight is 439 g/mol. The lowest BCUT2D eigenvalue weighted by atomic mass is 9.97. The van der Waals surface area contributed by atoms with Crippen molar-refractivity contribution < 1.29 is 9.13 Å². The lowest BCUT2D eigenvalue weighted by Crippen LogP contribution is -2.35. The second kappa shape index (κ2) is 7.68. The van der Waals surface area contributed by atoms with Gasteiger partial charge in [-0.15, -0.1) is 6.42 Å². The van der Waals surface area contributed by atoms with Crippen LogP contribution in [0.15, 0.2) is 42.6 Å². The maximum Gasteiger partial charge on any atom is 0.318 e. The quantitative estimate of drug-likeness (QED) is 0.491. The van der Waals surface area contributed by atoms with E-state index in [1.807, 2.05) is 36.4 Å². The van der Waals surface area contributed by atoms with Gasteiger partial charge in [0.2, 0.25) is 0 Å². The van der Waals surface area contributed by atoms with E-state index in [2.05, 4.69) is 31.1 Å². The molecule has 7 heteroatoms. The van der Waals surface area contributed by atoms with Crippen LogP contribution >= 0.6 is 0 Å². The highest BCUT2D eigenvalue weighted by molar-refractivity contribution is 6.02. The molecule has 2 aliphatic heterocycles. The Balaban J connectivity index is 1.58. The molecule has 2 atom stereocenters. The third-order valence-corrected chi connectivity index (χ3v) is 6.86. The highest BCUT2D eigenvalue weighted by Crippen LogP contribution is 2.38. The zero-order valence-corrected chi connectivity index (χ0v) is 18.2. The number of fused-ring (bicyclic) bond motifs is 3. The number of rotatable bonds is 3. The van der Waals surface area contributed by atoms with E-state index in [1.165, 1.54) is 7.11 Å². The molecule has 6 nitrogen and oxygen atoms in total. The summed E-state index contributed by atoms with van der Waals surface area (Å²) in [5.41, 5.74) is 1.75. The normalized spacial score (nSPS) is 19.7. The fraction of sp³-hybridized carbons (Fsp3) is 0.269. The third kappa shape index (κ3) is 3.02. The van der Waals surface area contributed by atoms with Crippen LogP contribution in [0.2, 0.25) is 0 Å². The summed E-state index contributed by atoms with van der Waals surface area (Å²) in [5.74, 6) is 3.45. The molecule has 2 unspecified atom stereocenters. The predicted octanol–water partition coefficient (Wildman–Crippen LogP) is 3.77. The number of aromatic nitrogens is 3. The molecule has 2 fully saturated rings. The Morgan fingerprint density at radius 2 is 2.03 bits per heavy atom. The number of hydrogen-bond acceptors (Lipinski definition) is 6. The van der Waals surface area contributed by atoms with Gasteiger partial charge in [-0.3, -0.25) is 4.98 Å². The summed E-state index contributed by atoms with van der Waals surface area (Å²) in [6.45, 7) is 2.75. The minimum Gasteiger partial charge on any atom is -0.467 e. The van der Waals surface area contributed by atoms with Crippen LogP contribution in [-0.2, 0) is 0 Å². The van der Waals surface area contributed by atoms with Gasteiger partial charge in [-0.05, 0) is 23.8 Å². The van der Waals surface area contributed by atoms with Crippen molar-refractivity contribution in [1.29, 1.82) is 0 Å². The second-order valence-electron chi connectivity index (χ2n) is 8.54. The Labute approximate surface area is 190 Å². The van der Waals surface area contributed by atoms with Crippen LogP contribution in [0, 0.1) is 24.1 Å². The van der Waals surface area contributed by atoms with Gasteiger partial charge in [0.05, 0.1) is 12.5 Å². The largest absolute Gasteiger partial charge is 0.467 e. The number of benzene rings is 2. The topological polar surface area (TPSA) is 63.2 Å². The Morgan fingerprint density at radius 3 is 2.85 bits per heavy atom. The SMILES string of the molecule is C#Cc1cccc2cccc(-c3ncc4c(N5CCC6CNCC65)nc(OC)nc4c3F)c12. The van der Waals surface area contributed by atoms with Gasteiger partial charge in [0.15, 0.2) is 5.82 Å². The van der Waals surface area contributed by atoms with Crippen LogP contribution in [-0.4, -0.2) is 47.7 Å². The van der Waals surface area contributed by atoms with Gasteiger partial charge >= 0.3 is 6.01 Å². The summed E-state index contributed by atoms with van der Waals surface area (Å²) in [4.78, 5) is 15.8. The summed E-state index contributed by atoms with van der Waals surface area (Å²) in [6.07, 6.45) is 8.50. The molecule has 164 valence electrons. The number of anilines is 1. The first-order valence-electron chi connectivity index (χ1n) is 11.1. The minimum absolute atomic E-state index is 0.144. The molecule has 6 rings (SSSR count). The van der Waals surface area contributed by atoms with Crippen molar-refractivity contribution in [3.05, 3.63) is 54.0 Å². The van der Waals surface area contributed by atoms with Crippen LogP contribution in [0.4, 0.5) is 10.2 Å². The van der Waals surface area contributed by atoms with Crippen molar-refractivity contribution in [2.75, 3.05) is 31.6 Å². The molecule has 33 heavy (non-hydrogen) atoms. The highest BCUT2D eigenvalue weighted by atomic mass is 19.1. The van der Waals surface area contributed by atoms with Crippen molar-refractivity contribution >= 4 is 27.5 Å². The standard InChI is InChI=1S/C26H22FN5O/c1-3-15-6-4-7-16-8-5-9-18(21(15)16)23-22(27)24-19(13-29-23)25(31-26(30-24)33-2)32-11-10-17-12-28-14-20(17)32/h1,4-9,13,17,20,28H,10-12,14H2,2H3. The maximum absolute atomic E-state index is 16.1. The van der Waals surface area contributed by atoms with Crippen LogP contribution < -0.4 is 15.0 Å². The van der Waals surface area contributed by atoms with E-state index in [-0.39, 0.29) is 17.2 Å². The first-order chi connectivity index (χ1) is 16.2. The number of ether oxygens (including phenoxy) is 1. The smallest absolute Gasteiger partial charge is 0.318 e. The highest BCUT2D eigenvalue weighted by Gasteiger charge is 2.39. The van der Waals surface area contributed by atoms with Crippen LogP contribution in [0.5, 0.6) is 6.01 Å². The van der Waals surface area contributed by atoms with Gasteiger partial charge in [-0.25, -0.2) is 4.39 Å². The molecule has 2 saturated heterocycles. The summed E-state index contributed by atoms with van der Waals surface area (Å²) in [5, 5.41) is 5.77. The van der Waals surface area contributed by atoms with Gasteiger partial charge < -0.3 is 15.0 Å². The molecular weight excluding hydrogens is 417 g/mol. The Hall–Kier alpha value is -3.76. The molecule has 1 N–H and O–H groups in total. The second-order valence-corrected chi connectivity index (χ2v) is 8.54. The number of methoxy groups -OCH3 is 1. The van der Waals surface area contributed by atoms with Crippen molar-refractivity contribution in [1.82, 2.24) is 20.3 Å². The zero-order valence-electron chi connectivity index (χ0n) is 18.2. The average Bonchev–Trinajstić information content (AvgIpc) is 3.47. The van der Waals surface area contributed by atoms with Gasteiger partial charge in [0.1, 0.15) is 17.0 Å². The number of nitrogens with one attached hydrogen (secondary N) is 1. The molecule has 4 heterocycles. The van der Waals surface area contributed by atoms with Crippen LogP contribution in [0.3, 0.4) is 0 Å². The van der Waals surface area contributed by atoms with E-state index in [0.717, 1.165) is 36.8 Å². The minimum atomic E-state index is -0.505. The van der Waals surface area contributed by atoms with E-state index in [0.29, 0.717) is 34.3 Å². The molecule has 2 aromatic heterocycles. The molecule has 2 aliphatic rings. The molecule has 0 amide bonds. The van der Waals surface area contributed by atoms with Crippen molar-refractivity contribution in [3.8, 4) is 29.6 Å². The van der Waals surface area contributed by atoms with Crippen molar-refractivity contribution in [2.24, 2.45) is 5.92 Å². The summed E-state index contributed by atoms with van der Waals surface area (Å²) < 4.78 is 21.4. The first kappa shape index (κ1) is 19.9. The molecule has 0 aliphatic carbocycles. The van der Waals surface area contributed by atoms with E-state index in [9.17, 15) is 0 Å². The number of terminal acetylenes is 1. The van der Waals surface area contributed by atoms with E-state index in [1.54, 1.807) is 6.20 Å². The third-order valence-electron chi connectivity index (χ3n) is 6.86. The van der Waals surface area contributed by atoms with E-state index < -0.39 is 5.82 Å². The summed E-state index contributed by atoms with van der Waals surface area (Å²) in [7, 11) is 1.50. The lowest BCUT2D eigenvalue weighted by Gasteiger charge is -2.26.